The number of nitrogens with one attached hydrogen (secondary N) is 1. The van der Waals surface area contributed by atoms with Crippen molar-refractivity contribution in [3.63, 3.8) is 0 Å². The fourth-order valence-electron chi connectivity index (χ4n) is 3.05. The first-order valence-electron chi connectivity index (χ1n) is 8.68. The summed E-state index contributed by atoms with van der Waals surface area (Å²) in [5, 5.41) is 2.74. The molecule has 4 nitrogen and oxygen atoms in total. The maximum absolute atomic E-state index is 13.1. The summed E-state index contributed by atoms with van der Waals surface area (Å²) >= 11 is 1.50. The second-order valence-electron chi connectivity index (χ2n) is 6.75. The molecule has 0 radical (unpaired) electrons. The van der Waals surface area contributed by atoms with Crippen LogP contribution in [-0.4, -0.2) is 28.0 Å². The van der Waals surface area contributed by atoms with E-state index in [1.165, 1.54) is 23.9 Å². The van der Waals surface area contributed by atoms with Gasteiger partial charge in [0.15, 0.2) is 0 Å². The van der Waals surface area contributed by atoms with Crippen molar-refractivity contribution in [1.82, 2.24) is 4.90 Å². The Morgan fingerprint density at radius 3 is 2.65 bits per heavy atom. The SMILES string of the molecule is C[C@@H]1Sc2ccc(C(=O)N(Cc3ccc(F)cc3)C3CC3)cc2NC1=O. The van der Waals surface area contributed by atoms with Crippen molar-refractivity contribution in [3.05, 3.63) is 59.4 Å². The van der Waals surface area contributed by atoms with E-state index in [0.29, 0.717) is 17.8 Å². The molecule has 0 spiro atoms. The first-order valence-corrected chi connectivity index (χ1v) is 9.56. The van der Waals surface area contributed by atoms with Gasteiger partial charge in [-0.25, -0.2) is 4.39 Å². The van der Waals surface area contributed by atoms with E-state index in [1.807, 2.05) is 24.0 Å². The quantitative estimate of drug-likeness (QED) is 0.883. The van der Waals surface area contributed by atoms with Crippen LogP contribution < -0.4 is 5.32 Å². The summed E-state index contributed by atoms with van der Waals surface area (Å²) in [6.45, 7) is 2.32. The van der Waals surface area contributed by atoms with Crippen LogP contribution in [0.1, 0.15) is 35.7 Å². The minimum absolute atomic E-state index is 0.0440. The zero-order valence-corrected chi connectivity index (χ0v) is 15.2. The molecule has 2 aliphatic rings. The highest BCUT2D eigenvalue weighted by molar-refractivity contribution is 8.00. The smallest absolute Gasteiger partial charge is 0.254 e. The van der Waals surface area contributed by atoms with Crippen molar-refractivity contribution in [2.24, 2.45) is 0 Å². The van der Waals surface area contributed by atoms with Crippen LogP contribution in [0.4, 0.5) is 10.1 Å². The molecular weight excluding hydrogens is 351 g/mol. The fraction of sp³-hybridized carbons (Fsp3) is 0.300. The van der Waals surface area contributed by atoms with E-state index >= 15 is 0 Å². The summed E-state index contributed by atoms with van der Waals surface area (Å²) in [5.74, 6) is -0.384. The Balaban J connectivity index is 1.57. The normalized spacial score (nSPS) is 18.8. The lowest BCUT2D eigenvalue weighted by Crippen LogP contribution is -2.33. The average molecular weight is 370 g/mol. The maximum Gasteiger partial charge on any atom is 0.254 e. The molecule has 2 aromatic rings. The largest absolute Gasteiger partial charge is 0.331 e. The van der Waals surface area contributed by atoms with Gasteiger partial charge in [0.2, 0.25) is 5.91 Å². The molecule has 1 atom stereocenters. The average Bonchev–Trinajstić information content (AvgIpc) is 3.46. The van der Waals surface area contributed by atoms with Crippen LogP contribution in [0, 0.1) is 5.82 Å². The molecule has 0 saturated heterocycles. The topological polar surface area (TPSA) is 49.4 Å². The summed E-state index contributed by atoms with van der Waals surface area (Å²) < 4.78 is 13.1. The van der Waals surface area contributed by atoms with Gasteiger partial charge in [0.05, 0.1) is 10.9 Å². The molecule has 1 fully saturated rings. The zero-order valence-electron chi connectivity index (χ0n) is 14.4. The number of halogens is 1. The Morgan fingerprint density at radius 1 is 1.23 bits per heavy atom. The molecule has 6 heteroatoms. The molecule has 0 aromatic heterocycles. The number of carbonyl (C=O) groups excluding carboxylic acids is 2. The molecule has 0 unspecified atom stereocenters. The Labute approximate surface area is 155 Å². The molecular formula is C20H19FN2O2S. The molecule has 0 bridgehead atoms. The highest BCUT2D eigenvalue weighted by Crippen LogP contribution is 2.37. The summed E-state index contributed by atoms with van der Waals surface area (Å²) in [7, 11) is 0. The minimum Gasteiger partial charge on any atom is -0.331 e. The number of amides is 2. The van der Waals surface area contributed by atoms with Gasteiger partial charge in [0.1, 0.15) is 5.82 Å². The maximum atomic E-state index is 13.1. The Bertz CT molecular complexity index is 865. The van der Waals surface area contributed by atoms with Crippen LogP contribution >= 0.6 is 11.8 Å². The molecule has 1 aliphatic heterocycles. The van der Waals surface area contributed by atoms with E-state index in [4.69, 9.17) is 0 Å². The number of thioether (sulfide) groups is 1. The molecule has 1 N–H and O–H groups in total. The lowest BCUT2D eigenvalue weighted by molar-refractivity contribution is -0.115. The number of nitrogens with zero attached hydrogens (tertiary/aromatic N) is 1. The lowest BCUT2D eigenvalue weighted by Gasteiger charge is -2.25. The predicted octanol–water partition coefficient (Wildman–Crippen LogP) is 4.06. The van der Waals surface area contributed by atoms with Crippen LogP contribution in [0.2, 0.25) is 0 Å². The number of anilines is 1. The standard InChI is InChI=1S/C20H19FN2O2S/c1-12-19(24)22-17-10-14(4-9-18(17)26-12)20(25)23(16-7-8-16)11-13-2-5-15(21)6-3-13/h2-6,9-10,12,16H,7-8,11H2,1H3,(H,22,24)/t12-/m0/s1. The van der Waals surface area contributed by atoms with Crippen molar-refractivity contribution in [2.75, 3.05) is 5.32 Å². The molecule has 2 aromatic carbocycles. The van der Waals surface area contributed by atoms with Crippen LogP contribution in [0.5, 0.6) is 0 Å². The van der Waals surface area contributed by atoms with Gasteiger partial charge in [-0.3, -0.25) is 9.59 Å². The van der Waals surface area contributed by atoms with Gasteiger partial charge in [-0.1, -0.05) is 12.1 Å². The van der Waals surface area contributed by atoms with E-state index in [9.17, 15) is 14.0 Å². The highest BCUT2D eigenvalue weighted by Gasteiger charge is 2.33. The van der Waals surface area contributed by atoms with E-state index in [0.717, 1.165) is 23.3 Å². The van der Waals surface area contributed by atoms with Crippen molar-refractivity contribution >= 4 is 29.3 Å². The molecule has 1 aliphatic carbocycles. The van der Waals surface area contributed by atoms with E-state index in [-0.39, 0.29) is 28.9 Å². The molecule has 1 heterocycles. The summed E-state index contributed by atoms with van der Waals surface area (Å²) in [6.07, 6.45) is 1.98. The number of carbonyl (C=O) groups is 2. The van der Waals surface area contributed by atoms with Gasteiger partial charge < -0.3 is 10.2 Å². The summed E-state index contributed by atoms with van der Waals surface area (Å²) in [5.41, 5.74) is 2.16. The van der Waals surface area contributed by atoms with Gasteiger partial charge in [-0.15, -0.1) is 11.8 Å². The Morgan fingerprint density at radius 2 is 1.96 bits per heavy atom. The molecule has 26 heavy (non-hydrogen) atoms. The van der Waals surface area contributed by atoms with Crippen LogP contribution in [0.15, 0.2) is 47.4 Å². The second kappa shape index (κ2) is 6.76. The second-order valence-corrected chi connectivity index (χ2v) is 8.13. The van der Waals surface area contributed by atoms with Gasteiger partial charge in [0.25, 0.3) is 5.91 Å². The predicted molar refractivity (Wildman–Crippen MR) is 99.7 cm³/mol. The number of hydrogen-bond acceptors (Lipinski definition) is 3. The first-order chi connectivity index (χ1) is 12.5. The Hall–Kier alpha value is -2.34. The molecule has 1 saturated carbocycles. The van der Waals surface area contributed by atoms with Crippen molar-refractivity contribution in [1.29, 1.82) is 0 Å². The fourth-order valence-corrected chi connectivity index (χ4v) is 3.98. The molecule has 134 valence electrons. The Kier molecular flexibility index (Phi) is 4.44. The lowest BCUT2D eigenvalue weighted by atomic mass is 10.1. The number of hydrogen-bond donors (Lipinski definition) is 1. The molecule has 2 amide bonds. The van der Waals surface area contributed by atoms with Crippen molar-refractivity contribution in [2.45, 2.75) is 42.5 Å². The van der Waals surface area contributed by atoms with Crippen LogP contribution in [0.25, 0.3) is 0 Å². The van der Waals surface area contributed by atoms with Gasteiger partial charge in [0, 0.05) is 23.0 Å². The van der Waals surface area contributed by atoms with Gasteiger partial charge in [-0.2, -0.15) is 0 Å². The van der Waals surface area contributed by atoms with Crippen molar-refractivity contribution < 1.29 is 14.0 Å². The number of rotatable bonds is 4. The van der Waals surface area contributed by atoms with Gasteiger partial charge in [-0.05, 0) is 55.7 Å². The highest BCUT2D eigenvalue weighted by atomic mass is 32.2. The van der Waals surface area contributed by atoms with Crippen LogP contribution in [0.3, 0.4) is 0 Å². The monoisotopic (exact) mass is 370 g/mol. The van der Waals surface area contributed by atoms with E-state index in [1.54, 1.807) is 18.2 Å². The van der Waals surface area contributed by atoms with Crippen LogP contribution in [-0.2, 0) is 11.3 Å². The third-order valence-electron chi connectivity index (χ3n) is 4.67. The first kappa shape index (κ1) is 17.1. The third kappa shape index (κ3) is 3.46. The van der Waals surface area contributed by atoms with E-state index in [2.05, 4.69) is 5.32 Å². The number of fused-ring (bicyclic) bond motifs is 1. The third-order valence-corrected chi connectivity index (χ3v) is 5.85. The minimum atomic E-state index is -0.282. The molecule has 4 rings (SSSR count). The van der Waals surface area contributed by atoms with Crippen molar-refractivity contribution in [3.8, 4) is 0 Å². The summed E-state index contributed by atoms with van der Waals surface area (Å²) in [6, 6.07) is 12.0. The number of benzene rings is 2. The van der Waals surface area contributed by atoms with E-state index < -0.39 is 0 Å². The zero-order chi connectivity index (χ0) is 18.3. The van der Waals surface area contributed by atoms with Gasteiger partial charge >= 0.3 is 0 Å². The summed E-state index contributed by atoms with van der Waals surface area (Å²) in [4.78, 5) is 27.8.